The van der Waals surface area contributed by atoms with E-state index in [0.29, 0.717) is 37.5 Å². The molecule has 2 aliphatic rings. The number of likely N-dealkylation sites (tertiary alicyclic amines) is 2. The van der Waals surface area contributed by atoms with Crippen molar-refractivity contribution in [2.24, 2.45) is 5.41 Å². The van der Waals surface area contributed by atoms with E-state index in [9.17, 15) is 9.59 Å². The van der Waals surface area contributed by atoms with E-state index in [2.05, 4.69) is 10.1 Å². The van der Waals surface area contributed by atoms with Crippen LogP contribution < -0.4 is 0 Å². The van der Waals surface area contributed by atoms with Crippen LogP contribution in [0.2, 0.25) is 0 Å². The number of aryl methyl sites for hydroxylation is 3. The summed E-state index contributed by atoms with van der Waals surface area (Å²) in [4.78, 5) is 33.0. The summed E-state index contributed by atoms with van der Waals surface area (Å²) >= 11 is 0. The average Bonchev–Trinajstić information content (AvgIpc) is 3.29. The van der Waals surface area contributed by atoms with Gasteiger partial charge in [0.2, 0.25) is 5.91 Å². The van der Waals surface area contributed by atoms with E-state index in [1.54, 1.807) is 6.92 Å². The molecular formula is C19H24N4O4. The monoisotopic (exact) mass is 372 g/mol. The second-order valence-electron chi connectivity index (χ2n) is 7.78. The van der Waals surface area contributed by atoms with Crippen LogP contribution in [-0.2, 0) is 11.3 Å². The molecule has 0 N–H and O–H groups in total. The summed E-state index contributed by atoms with van der Waals surface area (Å²) < 4.78 is 10.4. The number of amides is 2. The standard InChI is InChI=1S/C19H24N4O4/c1-12-15(13(2)27-21-12)9-23-10-19(8-16(23)24)4-6-22(7-5-19)18(25)17-14(3)26-11-20-17/h11H,4-10H2,1-3H3. The fourth-order valence-electron chi connectivity index (χ4n) is 4.22. The number of carbonyl (C=O) groups is 2. The van der Waals surface area contributed by atoms with Crippen LogP contribution in [0.25, 0.3) is 0 Å². The molecule has 0 saturated carbocycles. The van der Waals surface area contributed by atoms with E-state index in [1.807, 2.05) is 23.6 Å². The third kappa shape index (κ3) is 3.13. The number of hydrogen-bond donors (Lipinski definition) is 0. The fourth-order valence-corrected chi connectivity index (χ4v) is 4.22. The predicted octanol–water partition coefficient (Wildman–Crippen LogP) is 2.24. The van der Waals surface area contributed by atoms with Gasteiger partial charge in [-0.2, -0.15) is 0 Å². The van der Waals surface area contributed by atoms with Crippen LogP contribution in [0.5, 0.6) is 0 Å². The number of piperidine rings is 1. The molecule has 27 heavy (non-hydrogen) atoms. The molecule has 8 nitrogen and oxygen atoms in total. The molecule has 2 aliphatic heterocycles. The zero-order valence-electron chi connectivity index (χ0n) is 15.9. The topological polar surface area (TPSA) is 92.7 Å². The zero-order chi connectivity index (χ0) is 19.2. The molecule has 2 saturated heterocycles. The lowest BCUT2D eigenvalue weighted by Crippen LogP contribution is -2.44. The highest BCUT2D eigenvalue weighted by Crippen LogP contribution is 2.42. The van der Waals surface area contributed by atoms with Crippen LogP contribution >= 0.6 is 0 Å². The highest BCUT2D eigenvalue weighted by atomic mass is 16.5. The number of oxazole rings is 1. The van der Waals surface area contributed by atoms with E-state index in [0.717, 1.165) is 36.4 Å². The van der Waals surface area contributed by atoms with Crippen LogP contribution in [0, 0.1) is 26.2 Å². The Bertz CT molecular complexity index is 857. The Kier molecular flexibility index (Phi) is 4.28. The highest BCUT2D eigenvalue weighted by molar-refractivity contribution is 5.93. The quantitative estimate of drug-likeness (QED) is 0.820. The van der Waals surface area contributed by atoms with Gasteiger partial charge in [0.15, 0.2) is 12.1 Å². The Balaban J connectivity index is 1.41. The molecule has 1 spiro atoms. The van der Waals surface area contributed by atoms with Crippen LogP contribution in [0.1, 0.15) is 52.5 Å². The van der Waals surface area contributed by atoms with Crippen LogP contribution in [0.15, 0.2) is 15.3 Å². The summed E-state index contributed by atoms with van der Waals surface area (Å²) in [7, 11) is 0. The fraction of sp³-hybridized carbons (Fsp3) is 0.579. The normalized spacial score (nSPS) is 19.3. The first-order valence-corrected chi connectivity index (χ1v) is 9.27. The van der Waals surface area contributed by atoms with Gasteiger partial charge in [-0.25, -0.2) is 4.98 Å². The van der Waals surface area contributed by atoms with Crippen molar-refractivity contribution in [1.82, 2.24) is 19.9 Å². The van der Waals surface area contributed by atoms with Gasteiger partial charge in [-0.1, -0.05) is 5.16 Å². The van der Waals surface area contributed by atoms with E-state index in [1.165, 1.54) is 6.39 Å². The minimum atomic E-state index is -0.0898. The highest BCUT2D eigenvalue weighted by Gasteiger charge is 2.45. The molecule has 2 fully saturated rings. The van der Waals surface area contributed by atoms with Crippen LogP contribution in [-0.4, -0.2) is 51.4 Å². The first-order valence-electron chi connectivity index (χ1n) is 9.27. The molecule has 4 heterocycles. The van der Waals surface area contributed by atoms with Crippen molar-refractivity contribution in [2.45, 2.75) is 46.6 Å². The van der Waals surface area contributed by atoms with E-state index >= 15 is 0 Å². The van der Waals surface area contributed by atoms with Crippen molar-refractivity contribution in [1.29, 1.82) is 0 Å². The third-order valence-electron chi connectivity index (χ3n) is 5.99. The molecule has 0 atom stereocenters. The van der Waals surface area contributed by atoms with Crippen LogP contribution in [0.4, 0.5) is 0 Å². The maximum atomic E-state index is 12.6. The lowest BCUT2D eigenvalue weighted by Gasteiger charge is -2.38. The third-order valence-corrected chi connectivity index (χ3v) is 5.99. The SMILES string of the molecule is Cc1noc(C)c1CN1CC2(CCN(C(=O)c3ncoc3C)CC2)CC1=O. The molecule has 4 rings (SSSR count). The number of nitrogens with zero attached hydrogens (tertiary/aromatic N) is 4. The molecule has 0 bridgehead atoms. The minimum absolute atomic E-state index is 0.0499. The van der Waals surface area contributed by atoms with Gasteiger partial charge < -0.3 is 18.7 Å². The summed E-state index contributed by atoms with van der Waals surface area (Å²) in [6, 6.07) is 0. The summed E-state index contributed by atoms with van der Waals surface area (Å²) in [6.45, 7) is 8.06. The molecule has 0 unspecified atom stereocenters. The Labute approximate surface area is 157 Å². The Morgan fingerprint density at radius 2 is 1.96 bits per heavy atom. The molecule has 0 aromatic carbocycles. The number of carbonyl (C=O) groups excluding carboxylic acids is 2. The van der Waals surface area contributed by atoms with Gasteiger partial charge in [-0.3, -0.25) is 9.59 Å². The van der Waals surface area contributed by atoms with E-state index in [-0.39, 0.29) is 17.2 Å². The van der Waals surface area contributed by atoms with Gasteiger partial charge in [0.25, 0.3) is 5.91 Å². The molecule has 8 heteroatoms. The molecule has 2 amide bonds. The van der Waals surface area contributed by atoms with Crippen molar-refractivity contribution in [3.05, 3.63) is 34.9 Å². The second-order valence-corrected chi connectivity index (χ2v) is 7.78. The van der Waals surface area contributed by atoms with Gasteiger partial charge in [0.1, 0.15) is 11.5 Å². The summed E-state index contributed by atoms with van der Waals surface area (Å²) in [5, 5.41) is 3.98. The summed E-state index contributed by atoms with van der Waals surface area (Å²) in [5.41, 5.74) is 2.17. The van der Waals surface area contributed by atoms with Gasteiger partial charge >= 0.3 is 0 Å². The van der Waals surface area contributed by atoms with E-state index < -0.39 is 0 Å². The smallest absolute Gasteiger partial charge is 0.276 e. The second kappa shape index (κ2) is 6.51. The molecule has 0 radical (unpaired) electrons. The zero-order valence-corrected chi connectivity index (χ0v) is 15.9. The maximum Gasteiger partial charge on any atom is 0.276 e. The lowest BCUT2D eigenvalue weighted by atomic mass is 9.77. The maximum absolute atomic E-state index is 12.6. The van der Waals surface area contributed by atoms with Crippen molar-refractivity contribution in [3.8, 4) is 0 Å². The number of rotatable bonds is 3. The Morgan fingerprint density at radius 3 is 2.56 bits per heavy atom. The molecule has 0 aliphatic carbocycles. The van der Waals surface area contributed by atoms with Crippen molar-refractivity contribution in [3.63, 3.8) is 0 Å². The minimum Gasteiger partial charge on any atom is -0.448 e. The molecule has 144 valence electrons. The molecule has 2 aromatic heterocycles. The van der Waals surface area contributed by atoms with Gasteiger partial charge in [0, 0.05) is 37.0 Å². The van der Waals surface area contributed by atoms with Gasteiger partial charge in [-0.15, -0.1) is 0 Å². The number of aromatic nitrogens is 2. The lowest BCUT2D eigenvalue weighted by molar-refractivity contribution is -0.128. The molecular weight excluding hydrogens is 348 g/mol. The summed E-state index contributed by atoms with van der Waals surface area (Å²) in [6.07, 6.45) is 3.48. The van der Waals surface area contributed by atoms with E-state index in [4.69, 9.17) is 8.94 Å². The Morgan fingerprint density at radius 1 is 1.22 bits per heavy atom. The Hall–Kier alpha value is -2.64. The largest absolute Gasteiger partial charge is 0.448 e. The van der Waals surface area contributed by atoms with Crippen LogP contribution in [0.3, 0.4) is 0 Å². The van der Waals surface area contributed by atoms with Crippen molar-refractivity contribution in [2.75, 3.05) is 19.6 Å². The molecule has 2 aromatic rings. The van der Waals surface area contributed by atoms with Gasteiger partial charge in [-0.05, 0) is 33.6 Å². The van der Waals surface area contributed by atoms with Crippen molar-refractivity contribution >= 4 is 11.8 Å². The van der Waals surface area contributed by atoms with Crippen molar-refractivity contribution < 1.29 is 18.5 Å². The number of hydrogen-bond acceptors (Lipinski definition) is 6. The first kappa shape index (κ1) is 17.8. The summed E-state index contributed by atoms with van der Waals surface area (Å²) in [5.74, 6) is 1.39. The van der Waals surface area contributed by atoms with Gasteiger partial charge in [0.05, 0.1) is 12.2 Å². The first-order chi connectivity index (χ1) is 12.9. The average molecular weight is 372 g/mol. The predicted molar refractivity (Wildman–Crippen MR) is 94.8 cm³/mol.